The first-order valence-corrected chi connectivity index (χ1v) is 5.37. The summed E-state index contributed by atoms with van der Waals surface area (Å²) < 4.78 is 0. The molecule has 1 aromatic rings. The van der Waals surface area contributed by atoms with Crippen LogP contribution in [0, 0.1) is 0 Å². The van der Waals surface area contributed by atoms with Crippen LogP contribution in [-0.4, -0.2) is 42.1 Å². The van der Waals surface area contributed by atoms with E-state index in [0.717, 1.165) is 19.5 Å². The Morgan fingerprint density at radius 2 is 2.00 bits per heavy atom. The molecule has 1 rings (SSSR count). The minimum Gasteiger partial charge on any atom is -0.310 e. The molecule has 0 aliphatic carbocycles. The monoisotopic (exact) mass is 208 g/mol. The molecule has 15 heavy (non-hydrogen) atoms. The lowest BCUT2D eigenvalue weighted by Crippen LogP contribution is -2.25. The minimum atomic E-state index is 0.360. The highest BCUT2D eigenvalue weighted by atomic mass is 15.1. The average Bonchev–Trinajstić information content (AvgIpc) is 2.25. The molecule has 0 aromatic carbocycles. The van der Waals surface area contributed by atoms with Crippen LogP contribution in [0.25, 0.3) is 0 Å². The highest BCUT2D eigenvalue weighted by molar-refractivity contribution is 5.09. The van der Waals surface area contributed by atoms with Gasteiger partial charge < -0.3 is 10.2 Å². The van der Waals surface area contributed by atoms with Gasteiger partial charge in [-0.1, -0.05) is 6.92 Å². The lowest BCUT2D eigenvalue weighted by molar-refractivity contribution is 0.362. The molecular formula is C11H20N4. The van der Waals surface area contributed by atoms with Gasteiger partial charge in [0.2, 0.25) is 0 Å². The molecule has 1 N–H and O–H groups in total. The zero-order valence-corrected chi connectivity index (χ0v) is 9.77. The normalized spacial score (nSPS) is 13.1. The van der Waals surface area contributed by atoms with Gasteiger partial charge in [0.15, 0.2) is 0 Å². The van der Waals surface area contributed by atoms with Gasteiger partial charge in [0.05, 0.1) is 0 Å². The Morgan fingerprint density at radius 3 is 2.53 bits per heavy atom. The Kier molecular flexibility index (Phi) is 5.21. The third-order valence-corrected chi connectivity index (χ3v) is 2.30. The van der Waals surface area contributed by atoms with Gasteiger partial charge in [-0.3, -0.25) is 0 Å². The molecule has 0 bridgehead atoms. The van der Waals surface area contributed by atoms with Gasteiger partial charge in [0.1, 0.15) is 6.33 Å². The van der Waals surface area contributed by atoms with E-state index in [4.69, 9.17) is 0 Å². The van der Waals surface area contributed by atoms with Crippen molar-refractivity contribution < 1.29 is 0 Å². The molecule has 0 spiro atoms. The van der Waals surface area contributed by atoms with Crippen LogP contribution in [0.4, 0.5) is 0 Å². The second-order valence-electron chi connectivity index (χ2n) is 3.87. The maximum atomic E-state index is 4.05. The second-order valence-corrected chi connectivity index (χ2v) is 3.87. The largest absolute Gasteiger partial charge is 0.310 e. The Hall–Kier alpha value is -1.00. The molecule has 4 heteroatoms. The highest BCUT2D eigenvalue weighted by Crippen LogP contribution is 2.14. The van der Waals surface area contributed by atoms with E-state index in [-0.39, 0.29) is 0 Å². The number of nitrogens with zero attached hydrogens (tertiary/aromatic N) is 3. The predicted molar refractivity (Wildman–Crippen MR) is 61.6 cm³/mol. The maximum Gasteiger partial charge on any atom is 0.115 e. The molecule has 0 radical (unpaired) electrons. The number of nitrogens with one attached hydrogen (secondary N) is 1. The average molecular weight is 208 g/mol. The summed E-state index contributed by atoms with van der Waals surface area (Å²) in [7, 11) is 4.18. The topological polar surface area (TPSA) is 41.0 Å². The summed E-state index contributed by atoms with van der Waals surface area (Å²) in [6.45, 7) is 4.14. The summed E-state index contributed by atoms with van der Waals surface area (Å²) in [6.07, 6.45) is 6.42. The predicted octanol–water partition coefficient (Wildman–Crippen LogP) is 1.08. The summed E-state index contributed by atoms with van der Waals surface area (Å²) in [6, 6.07) is 0.360. The van der Waals surface area contributed by atoms with Crippen LogP contribution >= 0.6 is 0 Å². The third kappa shape index (κ3) is 4.36. The molecule has 0 amide bonds. The molecule has 0 fully saturated rings. The van der Waals surface area contributed by atoms with Crippen molar-refractivity contribution in [3.63, 3.8) is 0 Å². The fourth-order valence-electron chi connectivity index (χ4n) is 1.51. The van der Waals surface area contributed by atoms with E-state index >= 15 is 0 Å². The molecule has 4 nitrogen and oxygen atoms in total. The molecule has 0 saturated carbocycles. The zero-order chi connectivity index (χ0) is 11.1. The van der Waals surface area contributed by atoms with Gasteiger partial charge in [0.25, 0.3) is 0 Å². The number of rotatable bonds is 6. The van der Waals surface area contributed by atoms with E-state index in [2.05, 4.69) is 41.2 Å². The molecule has 1 unspecified atom stereocenters. The van der Waals surface area contributed by atoms with Crippen molar-refractivity contribution in [2.45, 2.75) is 19.4 Å². The number of aromatic nitrogens is 2. The Morgan fingerprint density at radius 1 is 1.33 bits per heavy atom. The molecule has 0 saturated heterocycles. The zero-order valence-electron chi connectivity index (χ0n) is 9.77. The molecule has 84 valence electrons. The third-order valence-electron chi connectivity index (χ3n) is 2.30. The summed E-state index contributed by atoms with van der Waals surface area (Å²) in [5.74, 6) is 0. The van der Waals surface area contributed by atoms with Crippen LogP contribution in [0.1, 0.15) is 24.9 Å². The standard InChI is InChI=1S/C11H20N4/c1-4-14-11(5-6-15(2)3)10-7-12-9-13-8-10/h7-9,11,14H,4-6H2,1-3H3. The van der Waals surface area contributed by atoms with Crippen molar-refractivity contribution in [3.05, 3.63) is 24.3 Å². The SMILES string of the molecule is CCNC(CCN(C)C)c1cncnc1. The molecule has 1 aromatic heterocycles. The van der Waals surface area contributed by atoms with Gasteiger partial charge >= 0.3 is 0 Å². The minimum absolute atomic E-state index is 0.360. The van der Waals surface area contributed by atoms with Gasteiger partial charge in [0, 0.05) is 24.0 Å². The first kappa shape index (κ1) is 12.1. The Labute approximate surface area is 91.7 Å². The number of hydrogen-bond donors (Lipinski definition) is 1. The Bertz CT molecular complexity index is 261. The van der Waals surface area contributed by atoms with Crippen molar-refractivity contribution >= 4 is 0 Å². The second kappa shape index (κ2) is 6.48. The molecule has 1 atom stereocenters. The summed E-state index contributed by atoms with van der Waals surface area (Å²) in [5.41, 5.74) is 1.17. The van der Waals surface area contributed by atoms with Gasteiger partial charge in [-0.15, -0.1) is 0 Å². The van der Waals surface area contributed by atoms with Crippen LogP contribution in [0.2, 0.25) is 0 Å². The lowest BCUT2D eigenvalue weighted by Gasteiger charge is -2.19. The van der Waals surface area contributed by atoms with Crippen LogP contribution in [0.5, 0.6) is 0 Å². The maximum absolute atomic E-state index is 4.05. The van der Waals surface area contributed by atoms with Crippen LogP contribution in [-0.2, 0) is 0 Å². The number of hydrogen-bond acceptors (Lipinski definition) is 4. The van der Waals surface area contributed by atoms with E-state index in [1.165, 1.54) is 5.56 Å². The summed E-state index contributed by atoms with van der Waals surface area (Å²) >= 11 is 0. The summed E-state index contributed by atoms with van der Waals surface area (Å²) in [5, 5.41) is 3.45. The fourth-order valence-corrected chi connectivity index (χ4v) is 1.51. The highest BCUT2D eigenvalue weighted by Gasteiger charge is 2.10. The summed E-state index contributed by atoms with van der Waals surface area (Å²) in [4.78, 5) is 10.3. The van der Waals surface area contributed by atoms with E-state index in [9.17, 15) is 0 Å². The van der Waals surface area contributed by atoms with Crippen LogP contribution in [0.3, 0.4) is 0 Å². The van der Waals surface area contributed by atoms with Crippen molar-refractivity contribution in [1.29, 1.82) is 0 Å². The van der Waals surface area contributed by atoms with Gasteiger partial charge in [-0.05, 0) is 33.6 Å². The lowest BCUT2D eigenvalue weighted by atomic mass is 10.1. The van der Waals surface area contributed by atoms with E-state index in [1.54, 1.807) is 6.33 Å². The molecule has 0 aliphatic heterocycles. The molecule has 0 aliphatic rings. The first-order chi connectivity index (χ1) is 7.24. The van der Waals surface area contributed by atoms with Crippen LogP contribution < -0.4 is 5.32 Å². The van der Waals surface area contributed by atoms with Gasteiger partial charge in [-0.25, -0.2) is 9.97 Å². The quantitative estimate of drug-likeness (QED) is 0.759. The smallest absolute Gasteiger partial charge is 0.115 e. The first-order valence-electron chi connectivity index (χ1n) is 5.37. The van der Waals surface area contributed by atoms with Gasteiger partial charge in [-0.2, -0.15) is 0 Å². The van der Waals surface area contributed by atoms with E-state index < -0.39 is 0 Å². The Balaban J connectivity index is 2.57. The van der Waals surface area contributed by atoms with Crippen molar-refractivity contribution in [1.82, 2.24) is 20.2 Å². The van der Waals surface area contributed by atoms with Crippen LogP contribution in [0.15, 0.2) is 18.7 Å². The molecule has 1 heterocycles. The molecular weight excluding hydrogens is 188 g/mol. The fraction of sp³-hybridized carbons (Fsp3) is 0.636. The van der Waals surface area contributed by atoms with Crippen molar-refractivity contribution in [2.75, 3.05) is 27.2 Å². The van der Waals surface area contributed by atoms with E-state index in [0.29, 0.717) is 6.04 Å². The van der Waals surface area contributed by atoms with Crippen molar-refractivity contribution in [3.8, 4) is 0 Å². The van der Waals surface area contributed by atoms with Crippen molar-refractivity contribution in [2.24, 2.45) is 0 Å². The van der Waals surface area contributed by atoms with E-state index in [1.807, 2.05) is 12.4 Å².